The molecule has 112 valence electrons. The number of para-hydroxylation sites is 1. The second kappa shape index (κ2) is 7.84. The van der Waals surface area contributed by atoms with Crippen molar-refractivity contribution in [3.8, 4) is 5.75 Å². The monoisotopic (exact) mass is 283 g/mol. The highest BCUT2D eigenvalue weighted by Crippen LogP contribution is 2.31. The van der Waals surface area contributed by atoms with Crippen molar-refractivity contribution in [2.75, 3.05) is 13.2 Å². The van der Waals surface area contributed by atoms with E-state index in [0.29, 0.717) is 6.61 Å². The lowest BCUT2D eigenvalue weighted by Gasteiger charge is -2.23. The first-order chi connectivity index (χ1) is 10.3. The molecule has 0 aliphatic heterocycles. The topological polar surface area (TPSA) is 21.3 Å². The average molecular weight is 283 g/mol. The number of ether oxygens (including phenoxy) is 1. The maximum atomic E-state index is 5.82. The van der Waals surface area contributed by atoms with Gasteiger partial charge in [-0.2, -0.15) is 0 Å². The van der Waals surface area contributed by atoms with Crippen molar-refractivity contribution in [2.45, 2.75) is 33.2 Å². The van der Waals surface area contributed by atoms with E-state index in [2.05, 4.69) is 61.6 Å². The zero-order valence-electron chi connectivity index (χ0n) is 13.2. The predicted octanol–water partition coefficient (Wildman–Crippen LogP) is 4.48. The lowest BCUT2D eigenvalue weighted by atomic mass is 9.94. The molecule has 0 amide bonds. The van der Waals surface area contributed by atoms with Crippen LogP contribution >= 0.6 is 0 Å². The van der Waals surface area contributed by atoms with E-state index < -0.39 is 0 Å². The Balaban J connectivity index is 2.43. The Morgan fingerprint density at radius 3 is 2.29 bits per heavy atom. The van der Waals surface area contributed by atoms with Gasteiger partial charge in [0.05, 0.1) is 12.6 Å². The van der Waals surface area contributed by atoms with Crippen LogP contribution < -0.4 is 10.1 Å². The van der Waals surface area contributed by atoms with Crippen LogP contribution in [0.2, 0.25) is 0 Å². The Bertz CT molecular complexity index is 565. The van der Waals surface area contributed by atoms with E-state index >= 15 is 0 Å². The van der Waals surface area contributed by atoms with Crippen molar-refractivity contribution in [3.63, 3.8) is 0 Å². The first-order valence-corrected chi connectivity index (χ1v) is 7.78. The van der Waals surface area contributed by atoms with Gasteiger partial charge in [-0.25, -0.2) is 0 Å². The molecule has 0 aliphatic rings. The molecular weight excluding hydrogens is 258 g/mol. The molecule has 0 aromatic heterocycles. The molecule has 0 radical (unpaired) electrons. The maximum Gasteiger partial charge on any atom is 0.124 e. The van der Waals surface area contributed by atoms with Crippen LogP contribution in [0.1, 0.15) is 43.0 Å². The summed E-state index contributed by atoms with van der Waals surface area (Å²) in [5.41, 5.74) is 3.83. The summed E-state index contributed by atoms with van der Waals surface area (Å²) in [5.74, 6) is 0.969. The first kappa shape index (κ1) is 15.6. The largest absolute Gasteiger partial charge is 0.494 e. The molecule has 2 aromatic carbocycles. The fraction of sp³-hybridized carbons (Fsp3) is 0.368. The van der Waals surface area contributed by atoms with Crippen LogP contribution in [-0.4, -0.2) is 13.2 Å². The van der Waals surface area contributed by atoms with Crippen molar-refractivity contribution in [2.24, 2.45) is 0 Å². The van der Waals surface area contributed by atoms with E-state index in [1.165, 1.54) is 16.7 Å². The van der Waals surface area contributed by atoms with Crippen LogP contribution in [0.15, 0.2) is 48.5 Å². The number of rotatable bonds is 7. The van der Waals surface area contributed by atoms with Gasteiger partial charge in [0.15, 0.2) is 0 Å². The van der Waals surface area contributed by atoms with Crippen molar-refractivity contribution < 1.29 is 4.74 Å². The molecule has 2 heteroatoms. The SMILES string of the molecule is CCCNC(c1ccccc1C)c1ccccc1OCC. The van der Waals surface area contributed by atoms with E-state index in [0.717, 1.165) is 18.7 Å². The van der Waals surface area contributed by atoms with E-state index in [1.807, 2.05) is 13.0 Å². The highest BCUT2D eigenvalue weighted by molar-refractivity contribution is 5.43. The third kappa shape index (κ3) is 3.85. The zero-order chi connectivity index (χ0) is 15.1. The van der Waals surface area contributed by atoms with Gasteiger partial charge in [-0.3, -0.25) is 0 Å². The smallest absolute Gasteiger partial charge is 0.124 e. The lowest BCUT2D eigenvalue weighted by molar-refractivity contribution is 0.333. The number of aryl methyl sites for hydroxylation is 1. The van der Waals surface area contributed by atoms with Crippen molar-refractivity contribution in [3.05, 3.63) is 65.2 Å². The number of hydrogen-bond acceptors (Lipinski definition) is 2. The molecule has 1 N–H and O–H groups in total. The highest BCUT2D eigenvalue weighted by Gasteiger charge is 2.18. The van der Waals surface area contributed by atoms with Crippen LogP contribution in [0.5, 0.6) is 5.75 Å². The van der Waals surface area contributed by atoms with Gasteiger partial charge in [-0.05, 0) is 44.0 Å². The summed E-state index contributed by atoms with van der Waals surface area (Å²) in [4.78, 5) is 0. The molecule has 1 unspecified atom stereocenters. The standard InChI is InChI=1S/C19H25NO/c1-4-14-20-19(16-11-7-6-10-15(16)3)17-12-8-9-13-18(17)21-5-2/h6-13,19-20H,4-5,14H2,1-3H3. The minimum atomic E-state index is 0.175. The van der Waals surface area contributed by atoms with E-state index in [4.69, 9.17) is 4.74 Å². The molecule has 0 spiro atoms. The van der Waals surface area contributed by atoms with Gasteiger partial charge in [0, 0.05) is 5.56 Å². The molecule has 0 heterocycles. The number of benzene rings is 2. The molecule has 0 bridgehead atoms. The molecule has 2 aromatic rings. The Morgan fingerprint density at radius 2 is 1.62 bits per heavy atom. The fourth-order valence-electron chi connectivity index (χ4n) is 2.59. The van der Waals surface area contributed by atoms with Crippen LogP contribution in [-0.2, 0) is 0 Å². The summed E-state index contributed by atoms with van der Waals surface area (Å²) in [7, 11) is 0. The Morgan fingerprint density at radius 1 is 0.952 bits per heavy atom. The van der Waals surface area contributed by atoms with Gasteiger partial charge in [-0.15, -0.1) is 0 Å². The van der Waals surface area contributed by atoms with Crippen LogP contribution in [0.3, 0.4) is 0 Å². The molecular formula is C19H25NO. The molecule has 0 saturated heterocycles. The molecule has 0 saturated carbocycles. The molecule has 1 atom stereocenters. The second-order valence-corrected chi connectivity index (χ2v) is 5.21. The lowest BCUT2D eigenvalue weighted by Crippen LogP contribution is -2.24. The van der Waals surface area contributed by atoms with Crippen LogP contribution in [0.25, 0.3) is 0 Å². The van der Waals surface area contributed by atoms with Crippen LogP contribution in [0.4, 0.5) is 0 Å². The van der Waals surface area contributed by atoms with Gasteiger partial charge >= 0.3 is 0 Å². The molecule has 2 rings (SSSR count). The quantitative estimate of drug-likeness (QED) is 0.808. The van der Waals surface area contributed by atoms with E-state index in [9.17, 15) is 0 Å². The molecule has 0 fully saturated rings. The Kier molecular flexibility index (Phi) is 5.82. The minimum absolute atomic E-state index is 0.175. The normalized spacial score (nSPS) is 12.1. The Labute approximate surface area is 128 Å². The van der Waals surface area contributed by atoms with Gasteiger partial charge < -0.3 is 10.1 Å². The van der Waals surface area contributed by atoms with E-state index in [1.54, 1.807) is 0 Å². The van der Waals surface area contributed by atoms with Crippen molar-refractivity contribution >= 4 is 0 Å². The summed E-state index contributed by atoms with van der Waals surface area (Å²) in [6.07, 6.45) is 1.11. The summed E-state index contributed by atoms with van der Waals surface area (Å²) in [6, 6.07) is 17.1. The van der Waals surface area contributed by atoms with Crippen LogP contribution in [0, 0.1) is 6.92 Å². The maximum absolute atomic E-state index is 5.82. The first-order valence-electron chi connectivity index (χ1n) is 7.78. The third-order valence-electron chi connectivity index (χ3n) is 3.63. The Hall–Kier alpha value is -1.80. The van der Waals surface area contributed by atoms with Crippen molar-refractivity contribution in [1.29, 1.82) is 0 Å². The van der Waals surface area contributed by atoms with Gasteiger partial charge in [0.25, 0.3) is 0 Å². The van der Waals surface area contributed by atoms with Gasteiger partial charge in [-0.1, -0.05) is 49.4 Å². The second-order valence-electron chi connectivity index (χ2n) is 5.21. The van der Waals surface area contributed by atoms with Crippen molar-refractivity contribution in [1.82, 2.24) is 5.32 Å². The van der Waals surface area contributed by atoms with Gasteiger partial charge in [0.1, 0.15) is 5.75 Å². The predicted molar refractivity (Wildman–Crippen MR) is 88.9 cm³/mol. The molecule has 0 aliphatic carbocycles. The summed E-state index contributed by atoms with van der Waals surface area (Å²) in [6.45, 7) is 8.05. The third-order valence-corrected chi connectivity index (χ3v) is 3.63. The van der Waals surface area contributed by atoms with E-state index in [-0.39, 0.29) is 6.04 Å². The molecule has 21 heavy (non-hydrogen) atoms. The molecule has 2 nitrogen and oxygen atoms in total. The summed E-state index contributed by atoms with van der Waals surface area (Å²) < 4.78 is 5.82. The number of nitrogens with one attached hydrogen (secondary N) is 1. The average Bonchev–Trinajstić information content (AvgIpc) is 2.51. The summed E-state index contributed by atoms with van der Waals surface area (Å²) >= 11 is 0. The fourth-order valence-corrected chi connectivity index (χ4v) is 2.59. The minimum Gasteiger partial charge on any atom is -0.494 e. The number of hydrogen-bond donors (Lipinski definition) is 1. The zero-order valence-corrected chi connectivity index (χ0v) is 13.2. The van der Waals surface area contributed by atoms with Gasteiger partial charge in [0.2, 0.25) is 0 Å². The highest BCUT2D eigenvalue weighted by atomic mass is 16.5. The summed E-state index contributed by atoms with van der Waals surface area (Å²) in [5, 5.41) is 3.66.